The molecule has 1 rings (SSSR count). The van der Waals surface area contributed by atoms with E-state index < -0.39 is 0 Å². The molecule has 1 aromatic heterocycles. The van der Waals surface area contributed by atoms with Crippen LogP contribution < -0.4 is 5.32 Å². The van der Waals surface area contributed by atoms with E-state index in [0.29, 0.717) is 6.54 Å². The van der Waals surface area contributed by atoms with Crippen molar-refractivity contribution in [3.63, 3.8) is 0 Å². The molecule has 0 radical (unpaired) electrons. The normalized spacial score (nSPS) is 12.8. The van der Waals surface area contributed by atoms with Gasteiger partial charge in [-0.1, -0.05) is 6.92 Å². The molecule has 1 atom stereocenters. The molecule has 90 valence electrons. The first-order chi connectivity index (χ1) is 7.54. The van der Waals surface area contributed by atoms with Crippen molar-refractivity contribution in [3.8, 4) is 0 Å². The van der Waals surface area contributed by atoms with Gasteiger partial charge < -0.3 is 10.2 Å². The van der Waals surface area contributed by atoms with Crippen LogP contribution in [0.25, 0.3) is 0 Å². The SMILES string of the molecule is CCc1nc(C(=O)NCC(C)N(C)C)n[nH]1. The van der Waals surface area contributed by atoms with E-state index in [2.05, 4.69) is 20.5 Å². The first-order valence-corrected chi connectivity index (χ1v) is 5.40. The fraction of sp³-hybridized carbons (Fsp3) is 0.700. The lowest BCUT2D eigenvalue weighted by atomic mass is 10.3. The molecule has 1 heterocycles. The Morgan fingerprint density at radius 1 is 1.56 bits per heavy atom. The minimum Gasteiger partial charge on any atom is -0.348 e. The summed E-state index contributed by atoms with van der Waals surface area (Å²) in [6.45, 7) is 4.58. The van der Waals surface area contributed by atoms with E-state index in [0.717, 1.165) is 12.2 Å². The lowest BCUT2D eigenvalue weighted by Gasteiger charge is -2.19. The molecule has 1 aromatic rings. The largest absolute Gasteiger partial charge is 0.348 e. The molecule has 0 aliphatic carbocycles. The molecule has 1 unspecified atom stereocenters. The third kappa shape index (κ3) is 3.30. The Morgan fingerprint density at radius 2 is 2.25 bits per heavy atom. The van der Waals surface area contributed by atoms with Gasteiger partial charge in [-0.3, -0.25) is 9.89 Å². The van der Waals surface area contributed by atoms with Gasteiger partial charge in [0.15, 0.2) is 0 Å². The number of H-pyrrole nitrogens is 1. The van der Waals surface area contributed by atoms with Gasteiger partial charge in [-0.25, -0.2) is 4.98 Å². The number of nitrogens with one attached hydrogen (secondary N) is 2. The lowest BCUT2D eigenvalue weighted by Crippen LogP contribution is -2.38. The zero-order valence-electron chi connectivity index (χ0n) is 10.2. The van der Waals surface area contributed by atoms with E-state index in [9.17, 15) is 4.79 Å². The summed E-state index contributed by atoms with van der Waals surface area (Å²) < 4.78 is 0. The number of amides is 1. The summed E-state index contributed by atoms with van der Waals surface area (Å²) in [5.41, 5.74) is 0. The highest BCUT2D eigenvalue weighted by molar-refractivity contribution is 5.90. The summed E-state index contributed by atoms with van der Waals surface area (Å²) in [5.74, 6) is 0.707. The number of aromatic nitrogens is 3. The number of likely N-dealkylation sites (N-methyl/N-ethyl adjacent to an activating group) is 1. The second-order valence-electron chi connectivity index (χ2n) is 3.98. The van der Waals surface area contributed by atoms with Crippen LogP contribution in [-0.2, 0) is 6.42 Å². The van der Waals surface area contributed by atoms with Gasteiger partial charge in [0.05, 0.1) is 0 Å². The maximum atomic E-state index is 11.6. The van der Waals surface area contributed by atoms with Crippen LogP contribution in [0.15, 0.2) is 0 Å². The molecular formula is C10H19N5O. The van der Waals surface area contributed by atoms with Gasteiger partial charge in [0.25, 0.3) is 5.91 Å². The van der Waals surface area contributed by atoms with Gasteiger partial charge in [-0.2, -0.15) is 0 Å². The topological polar surface area (TPSA) is 73.9 Å². The quantitative estimate of drug-likeness (QED) is 0.742. The maximum absolute atomic E-state index is 11.6. The van der Waals surface area contributed by atoms with Crippen LogP contribution in [0.3, 0.4) is 0 Å². The highest BCUT2D eigenvalue weighted by Gasteiger charge is 2.13. The summed E-state index contributed by atoms with van der Waals surface area (Å²) in [5, 5.41) is 9.35. The second-order valence-corrected chi connectivity index (χ2v) is 3.98. The van der Waals surface area contributed by atoms with Gasteiger partial charge in [-0.15, -0.1) is 5.10 Å². The van der Waals surface area contributed by atoms with Crippen molar-refractivity contribution >= 4 is 5.91 Å². The van der Waals surface area contributed by atoms with Crippen LogP contribution in [0.4, 0.5) is 0 Å². The first kappa shape index (κ1) is 12.6. The summed E-state index contributed by atoms with van der Waals surface area (Å²) in [4.78, 5) is 17.7. The van der Waals surface area contributed by atoms with E-state index in [1.54, 1.807) is 0 Å². The highest BCUT2D eigenvalue weighted by atomic mass is 16.2. The number of rotatable bonds is 5. The zero-order chi connectivity index (χ0) is 12.1. The van der Waals surface area contributed by atoms with E-state index >= 15 is 0 Å². The molecule has 6 heteroatoms. The van der Waals surface area contributed by atoms with Crippen LogP contribution in [0.5, 0.6) is 0 Å². The minimum atomic E-state index is -0.232. The van der Waals surface area contributed by atoms with Gasteiger partial charge in [0.2, 0.25) is 5.82 Å². The van der Waals surface area contributed by atoms with Gasteiger partial charge in [0, 0.05) is 19.0 Å². The first-order valence-electron chi connectivity index (χ1n) is 5.40. The molecule has 6 nitrogen and oxygen atoms in total. The number of hydrogen-bond acceptors (Lipinski definition) is 4. The second kappa shape index (κ2) is 5.60. The fourth-order valence-electron chi connectivity index (χ4n) is 1.06. The Bertz CT molecular complexity index is 347. The molecule has 2 N–H and O–H groups in total. The number of hydrogen-bond donors (Lipinski definition) is 2. The Morgan fingerprint density at radius 3 is 2.75 bits per heavy atom. The minimum absolute atomic E-state index is 0.211. The number of aryl methyl sites for hydroxylation is 1. The van der Waals surface area contributed by atoms with Crippen molar-refractivity contribution in [1.82, 2.24) is 25.4 Å². The molecule has 0 fully saturated rings. The van der Waals surface area contributed by atoms with Crippen LogP contribution in [0.1, 0.15) is 30.3 Å². The smallest absolute Gasteiger partial charge is 0.291 e. The molecular weight excluding hydrogens is 206 g/mol. The number of carbonyl (C=O) groups excluding carboxylic acids is 1. The fourth-order valence-corrected chi connectivity index (χ4v) is 1.06. The molecule has 0 spiro atoms. The van der Waals surface area contributed by atoms with Crippen molar-refractivity contribution in [2.45, 2.75) is 26.3 Å². The van der Waals surface area contributed by atoms with Crippen molar-refractivity contribution in [2.75, 3.05) is 20.6 Å². The zero-order valence-corrected chi connectivity index (χ0v) is 10.2. The Hall–Kier alpha value is -1.43. The van der Waals surface area contributed by atoms with Gasteiger partial charge >= 0.3 is 0 Å². The molecule has 1 amide bonds. The predicted octanol–water partition coefficient (Wildman–Crippen LogP) is 0.0470. The van der Waals surface area contributed by atoms with E-state index in [1.807, 2.05) is 32.8 Å². The summed E-state index contributed by atoms with van der Waals surface area (Å²) in [6.07, 6.45) is 0.744. The lowest BCUT2D eigenvalue weighted by molar-refractivity contribution is 0.0933. The molecule has 0 saturated heterocycles. The van der Waals surface area contributed by atoms with Crippen molar-refractivity contribution in [2.24, 2.45) is 0 Å². The number of carbonyl (C=O) groups is 1. The molecule has 16 heavy (non-hydrogen) atoms. The maximum Gasteiger partial charge on any atom is 0.291 e. The summed E-state index contributed by atoms with van der Waals surface area (Å²) in [6, 6.07) is 0.286. The standard InChI is InChI=1S/C10H19N5O/c1-5-8-12-9(14-13-8)10(16)11-6-7(2)15(3)4/h7H,5-6H2,1-4H3,(H,11,16)(H,12,13,14). The average Bonchev–Trinajstić information content (AvgIpc) is 2.73. The van der Waals surface area contributed by atoms with Crippen molar-refractivity contribution in [3.05, 3.63) is 11.6 Å². The molecule has 0 bridgehead atoms. The highest BCUT2D eigenvalue weighted by Crippen LogP contribution is 1.94. The Kier molecular flexibility index (Phi) is 4.42. The number of nitrogens with zero attached hydrogens (tertiary/aromatic N) is 3. The van der Waals surface area contributed by atoms with Gasteiger partial charge in [0.1, 0.15) is 5.82 Å². The van der Waals surface area contributed by atoms with E-state index in [4.69, 9.17) is 0 Å². The van der Waals surface area contributed by atoms with Crippen molar-refractivity contribution in [1.29, 1.82) is 0 Å². The van der Waals surface area contributed by atoms with E-state index in [-0.39, 0.29) is 17.8 Å². The van der Waals surface area contributed by atoms with Gasteiger partial charge in [-0.05, 0) is 21.0 Å². The summed E-state index contributed by atoms with van der Waals surface area (Å²) >= 11 is 0. The molecule has 0 aromatic carbocycles. The third-order valence-electron chi connectivity index (χ3n) is 2.51. The van der Waals surface area contributed by atoms with Crippen molar-refractivity contribution < 1.29 is 4.79 Å². The number of aromatic amines is 1. The monoisotopic (exact) mass is 225 g/mol. The molecule has 0 aliphatic rings. The van der Waals surface area contributed by atoms with Crippen LogP contribution >= 0.6 is 0 Å². The molecule has 0 aliphatic heterocycles. The predicted molar refractivity (Wildman–Crippen MR) is 61.2 cm³/mol. The Labute approximate surface area is 95.4 Å². The third-order valence-corrected chi connectivity index (χ3v) is 2.51. The van der Waals surface area contributed by atoms with Crippen LogP contribution in [0.2, 0.25) is 0 Å². The summed E-state index contributed by atoms with van der Waals surface area (Å²) in [7, 11) is 3.94. The molecule has 0 saturated carbocycles. The van der Waals surface area contributed by atoms with E-state index in [1.165, 1.54) is 0 Å². The van der Waals surface area contributed by atoms with Crippen LogP contribution in [0, 0.1) is 0 Å². The Balaban J connectivity index is 2.46. The van der Waals surface area contributed by atoms with Crippen LogP contribution in [-0.4, -0.2) is 52.7 Å². The average molecular weight is 225 g/mol.